The van der Waals surface area contributed by atoms with E-state index in [0.717, 1.165) is 57.7 Å². The SMILES string of the molecule is CC[C@]1(CO)C[C@H]2CC[C@@H]1N2C(=O)c1cccnc1N1CCN(CCO)CC1. The molecule has 4 rings (SSSR count). The van der Waals surface area contributed by atoms with Crippen LogP contribution in [0.5, 0.6) is 0 Å². The number of piperazine rings is 1. The van der Waals surface area contributed by atoms with E-state index in [1.54, 1.807) is 6.20 Å². The lowest BCUT2D eigenvalue weighted by molar-refractivity contribution is 0.0557. The van der Waals surface area contributed by atoms with Gasteiger partial charge >= 0.3 is 0 Å². The van der Waals surface area contributed by atoms with Gasteiger partial charge in [-0.3, -0.25) is 9.69 Å². The summed E-state index contributed by atoms with van der Waals surface area (Å²) < 4.78 is 0. The Morgan fingerprint density at radius 3 is 2.68 bits per heavy atom. The molecule has 3 fully saturated rings. The highest BCUT2D eigenvalue weighted by Crippen LogP contribution is 2.52. The summed E-state index contributed by atoms with van der Waals surface area (Å²) in [4.78, 5) is 24.7. The number of rotatable bonds is 6. The van der Waals surface area contributed by atoms with Crippen LogP contribution in [0.2, 0.25) is 0 Å². The molecule has 0 unspecified atom stereocenters. The van der Waals surface area contributed by atoms with Crippen LogP contribution in [0.25, 0.3) is 0 Å². The van der Waals surface area contributed by atoms with Crippen LogP contribution in [0.4, 0.5) is 5.82 Å². The smallest absolute Gasteiger partial charge is 0.258 e. The second-order valence-electron chi connectivity index (χ2n) is 8.46. The van der Waals surface area contributed by atoms with E-state index < -0.39 is 0 Å². The molecule has 0 saturated carbocycles. The molecule has 0 spiro atoms. The number of hydrogen-bond acceptors (Lipinski definition) is 6. The van der Waals surface area contributed by atoms with Crippen molar-refractivity contribution in [2.45, 2.75) is 44.7 Å². The van der Waals surface area contributed by atoms with E-state index in [2.05, 4.69) is 26.6 Å². The van der Waals surface area contributed by atoms with Gasteiger partial charge in [-0.2, -0.15) is 0 Å². The molecule has 28 heavy (non-hydrogen) atoms. The van der Waals surface area contributed by atoms with E-state index in [4.69, 9.17) is 5.11 Å². The van der Waals surface area contributed by atoms with Gasteiger partial charge in [0.25, 0.3) is 5.91 Å². The van der Waals surface area contributed by atoms with Gasteiger partial charge in [0.2, 0.25) is 0 Å². The van der Waals surface area contributed by atoms with Crippen LogP contribution in [0.3, 0.4) is 0 Å². The number of pyridine rings is 1. The molecule has 0 aromatic carbocycles. The lowest BCUT2D eigenvalue weighted by atomic mass is 9.72. The lowest BCUT2D eigenvalue weighted by Gasteiger charge is -2.37. The van der Waals surface area contributed by atoms with Gasteiger partial charge in [0.1, 0.15) is 5.82 Å². The maximum atomic E-state index is 13.6. The Kier molecular flexibility index (Phi) is 5.58. The number of nitrogens with zero attached hydrogens (tertiary/aromatic N) is 4. The summed E-state index contributed by atoms with van der Waals surface area (Å²) >= 11 is 0. The van der Waals surface area contributed by atoms with Gasteiger partial charge in [0, 0.05) is 56.4 Å². The number of β-amino-alcohol motifs (C(OH)–C–C–N with tert-alkyl or cyclic N) is 1. The average molecular weight is 389 g/mol. The van der Waals surface area contributed by atoms with Gasteiger partial charge in [0.05, 0.1) is 18.8 Å². The van der Waals surface area contributed by atoms with Crippen molar-refractivity contribution in [1.82, 2.24) is 14.8 Å². The van der Waals surface area contributed by atoms with E-state index in [1.165, 1.54) is 0 Å². The van der Waals surface area contributed by atoms with Crippen molar-refractivity contribution in [3.8, 4) is 0 Å². The van der Waals surface area contributed by atoms with E-state index in [9.17, 15) is 9.90 Å². The van der Waals surface area contributed by atoms with Crippen LogP contribution in [0.1, 0.15) is 43.0 Å². The molecule has 1 aromatic rings. The molecule has 7 nitrogen and oxygen atoms in total. The van der Waals surface area contributed by atoms with Crippen LogP contribution < -0.4 is 4.90 Å². The minimum absolute atomic E-state index is 0.0668. The molecule has 7 heteroatoms. The number of aliphatic hydroxyl groups is 2. The maximum Gasteiger partial charge on any atom is 0.258 e. The third-order valence-electron chi connectivity index (χ3n) is 7.21. The summed E-state index contributed by atoms with van der Waals surface area (Å²) in [5.74, 6) is 0.839. The number of amides is 1. The maximum absolute atomic E-state index is 13.6. The zero-order valence-electron chi connectivity index (χ0n) is 16.8. The monoisotopic (exact) mass is 388 g/mol. The Morgan fingerprint density at radius 1 is 1.25 bits per heavy atom. The highest BCUT2D eigenvalue weighted by atomic mass is 16.3. The third kappa shape index (κ3) is 3.19. The van der Waals surface area contributed by atoms with Gasteiger partial charge in [-0.1, -0.05) is 6.92 Å². The molecule has 3 saturated heterocycles. The Hall–Kier alpha value is -1.70. The number of carbonyl (C=O) groups excluding carboxylic acids is 1. The Balaban J connectivity index is 1.55. The molecule has 0 radical (unpaired) electrons. The first kappa shape index (κ1) is 19.6. The molecule has 3 aliphatic heterocycles. The fourth-order valence-corrected chi connectivity index (χ4v) is 5.54. The molecule has 0 aliphatic carbocycles. The van der Waals surface area contributed by atoms with Gasteiger partial charge in [-0.05, 0) is 37.8 Å². The second kappa shape index (κ2) is 7.97. The number of aromatic nitrogens is 1. The largest absolute Gasteiger partial charge is 0.396 e. The summed E-state index contributed by atoms with van der Waals surface area (Å²) in [6.45, 7) is 6.49. The number of hydrogen-bond donors (Lipinski definition) is 2. The normalized spacial score (nSPS) is 30.2. The third-order valence-corrected chi connectivity index (χ3v) is 7.21. The lowest BCUT2D eigenvalue weighted by Crippen LogP contribution is -2.48. The predicted octanol–water partition coefficient (Wildman–Crippen LogP) is 0.961. The summed E-state index contributed by atoms with van der Waals surface area (Å²) in [6, 6.07) is 4.11. The van der Waals surface area contributed by atoms with E-state index in [1.807, 2.05) is 12.1 Å². The number of carbonyl (C=O) groups is 1. The first-order valence-corrected chi connectivity index (χ1v) is 10.6. The van der Waals surface area contributed by atoms with E-state index >= 15 is 0 Å². The van der Waals surface area contributed by atoms with E-state index in [-0.39, 0.29) is 36.6 Å². The predicted molar refractivity (Wildman–Crippen MR) is 107 cm³/mol. The van der Waals surface area contributed by atoms with Crippen LogP contribution >= 0.6 is 0 Å². The van der Waals surface area contributed by atoms with Gasteiger partial charge in [0.15, 0.2) is 0 Å². The average Bonchev–Trinajstić information content (AvgIpc) is 3.30. The minimum Gasteiger partial charge on any atom is -0.396 e. The van der Waals surface area contributed by atoms with E-state index in [0.29, 0.717) is 12.1 Å². The quantitative estimate of drug-likeness (QED) is 0.756. The minimum atomic E-state index is -0.142. The van der Waals surface area contributed by atoms with Crippen LogP contribution in [0, 0.1) is 5.41 Å². The van der Waals surface area contributed by atoms with Crippen molar-refractivity contribution in [3.05, 3.63) is 23.9 Å². The fraction of sp³-hybridized carbons (Fsp3) is 0.714. The molecule has 1 amide bonds. The standard InChI is InChI=1S/C21H32N4O3/c1-2-21(15-27)14-16-5-6-18(21)25(16)20(28)17-4-3-7-22-19(17)24-10-8-23(9-11-24)12-13-26/h3-4,7,16,18,26-27H,2,5-6,8-15H2,1H3/t16-,18+,21-/m1/s1. The molecule has 4 heterocycles. The summed E-state index contributed by atoms with van der Waals surface area (Å²) in [5, 5.41) is 19.2. The first-order chi connectivity index (χ1) is 13.6. The van der Waals surface area contributed by atoms with Crippen molar-refractivity contribution < 1.29 is 15.0 Å². The summed E-state index contributed by atoms with van der Waals surface area (Å²) in [7, 11) is 0. The van der Waals surface area contributed by atoms with Crippen LogP contribution in [-0.2, 0) is 0 Å². The topological polar surface area (TPSA) is 80.1 Å². The zero-order chi connectivity index (χ0) is 19.7. The molecular weight excluding hydrogens is 356 g/mol. The summed E-state index contributed by atoms with van der Waals surface area (Å²) in [6.07, 6.45) is 5.59. The number of anilines is 1. The van der Waals surface area contributed by atoms with Crippen molar-refractivity contribution >= 4 is 11.7 Å². The highest BCUT2D eigenvalue weighted by molar-refractivity contribution is 5.99. The molecule has 3 atom stereocenters. The molecule has 2 bridgehead atoms. The number of fused-ring (bicyclic) bond motifs is 2. The first-order valence-electron chi connectivity index (χ1n) is 10.6. The molecule has 154 valence electrons. The van der Waals surface area contributed by atoms with Crippen molar-refractivity contribution in [3.63, 3.8) is 0 Å². The summed E-state index contributed by atoms with van der Waals surface area (Å²) in [5.41, 5.74) is 0.538. The molecule has 1 aromatic heterocycles. The van der Waals surface area contributed by atoms with Crippen molar-refractivity contribution in [2.75, 3.05) is 50.8 Å². The Bertz CT molecular complexity index is 701. The molecule has 2 N–H and O–H groups in total. The fourth-order valence-electron chi connectivity index (χ4n) is 5.54. The zero-order valence-corrected chi connectivity index (χ0v) is 16.8. The number of aliphatic hydroxyl groups excluding tert-OH is 2. The molecular formula is C21H32N4O3. The Labute approximate surface area is 167 Å². The van der Waals surface area contributed by atoms with Gasteiger partial charge in [-0.25, -0.2) is 4.98 Å². The molecule has 3 aliphatic rings. The van der Waals surface area contributed by atoms with Gasteiger partial charge < -0.3 is 20.0 Å². The van der Waals surface area contributed by atoms with Gasteiger partial charge in [-0.15, -0.1) is 0 Å². The second-order valence-corrected chi connectivity index (χ2v) is 8.46. The highest BCUT2D eigenvalue weighted by Gasteiger charge is 2.56. The van der Waals surface area contributed by atoms with Crippen molar-refractivity contribution in [2.24, 2.45) is 5.41 Å². The van der Waals surface area contributed by atoms with Crippen LogP contribution in [0.15, 0.2) is 18.3 Å². The van der Waals surface area contributed by atoms with Crippen LogP contribution in [-0.4, -0.2) is 88.9 Å². The Morgan fingerprint density at radius 2 is 2.04 bits per heavy atom. The van der Waals surface area contributed by atoms with Crippen molar-refractivity contribution in [1.29, 1.82) is 0 Å².